The lowest BCUT2D eigenvalue weighted by Crippen LogP contribution is -2.34. The third kappa shape index (κ3) is 2.28. The fourth-order valence-electron chi connectivity index (χ4n) is 3.01. The highest BCUT2D eigenvalue weighted by molar-refractivity contribution is 5.80. The first-order valence-electron chi connectivity index (χ1n) is 8.19. The van der Waals surface area contributed by atoms with Gasteiger partial charge in [-0.3, -0.25) is 9.78 Å². The van der Waals surface area contributed by atoms with Gasteiger partial charge in [0, 0.05) is 5.56 Å². The van der Waals surface area contributed by atoms with Gasteiger partial charge in [0.2, 0.25) is 11.7 Å². The molecule has 0 aliphatic carbocycles. The maximum atomic E-state index is 13.1. The standard InChI is InChI=1S/C18H10N6O4/c25-14-11-8-4-5-9-12(11)23-16(19-15(26)20-17(23)27)24(14)18-22-21-13(28-18)10-6-2-1-3-7-10/h1-9H,(H,20,26,27). The van der Waals surface area contributed by atoms with E-state index in [2.05, 4.69) is 20.2 Å². The Morgan fingerprint density at radius 3 is 2.46 bits per heavy atom. The van der Waals surface area contributed by atoms with Gasteiger partial charge in [-0.2, -0.15) is 9.55 Å². The normalized spacial score (nSPS) is 11.3. The minimum Gasteiger partial charge on any atom is -0.403 e. The average Bonchev–Trinajstić information content (AvgIpc) is 3.18. The molecule has 10 nitrogen and oxygen atoms in total. The van der Waals surface area contributed by atoms with Crippen molar-refractivity contribution in [3.05, 3.63) is 85.9 Å². The quantitative estimate of drug-likeness (QED) is 0.451. The van der Waals surface area contributed by atoms with E-state index < -0.39 is 16.9 Å². The van der Waals surface area contributed by atoms with Crippen molar-refractivity contribution in [3.8, 4) is 17.5 Å². The molecular formula is C18H10N6O4. The number of para-hydroxylation sites is 1. The number of hydrogen-bond acceptors (Lipinski definition) is 7. The Morgan fingerprint density at radius 1 is 0.893 bits per heavy atom. The number of aromatic amines is 1. The highest BCUT2D eigenvalue weighted by Crippen LogP contribution is 2.19. The van der Waals surface area contributed by atoms with Crippen molar-refractivity contribution in [3.63, 3.8) is 0 Å². The molecule has 0 amide bonds. The van der Waals surface area contributed by atoms with Gasteiger partial charge >= 0.3 is 17.4 Å². The Labute approximate surface area is 154 Å². The highest BCUT2D eigenvalue weighted by atomic mass is 16.4. The van der Waals surface area contributed by atoms with E-state index >= 15 is 0 Å². The monoisotopic (exact) mass is 374 g/mol. The fraction of sp³-hybridized carbons (Fsp3) is 0. The van der Waals surface area contributed by atoms with Gasteiger partial charge in [0.1, 0.15) is 0 Å². The van der Waals surface area contributed by atoms with E-state index in [1.165, 1.54) is 0 Å². The summed E-state index contributed by atoms with van der Waals surface area (Å²) in [6, 6.07) is 15.2. The molecule has 0 unspecified atom stereocenters. The van der Waals surface area contributed by atoms with Crippen molar-refractivity contribution in [2.24, 2.45) is 0 Å². The Hall–Kier alpha value is -4.34. The average molecular weight is 374 g/mol. The predicted octanol–water partition coefficient (Wildman–Crippen LogP) is 0.737. The molecule has 2 aromatic carbocycles. The molecule has 0 saturated carbocycles. The molecule has 0 aliphatic rings. The van der Waals surface area contributed by atoms with Crippen LogP contribution in [0.2, 0.25) is 0 Å². The zero-order valence-electron chi connectivity index (χ0n) is 14.1. The lowest BCUT2D eigenvalue weighted by atomic mass is 10.2. The second-order valence-corrected chi connectivity index (χ2v) is 5.90. The van der Waals surface area contributed by atoms with Crippen molar-refractivity contribution < 1.29 is 4.42 Å². The van der Waals surface area contributed by atoms with Crippen molar-refractivity contribution >= 4 is 16.7 Å². The second-order valence-electron chi connectivity index (χ2n) is 5.90. The number of nitrogens with one attached hydrogen (secondary N) is 1. The van der Waals surface area contributed by atoms with Crippen LogP contribution < -0.4 is 16.9 Å². The molecule has 3 heterocycles. The highest BCUT2D eigenvalue weighted by Gasteiger charge is 2.19. The number of aromatic nitrogens is 6. The molecule has 28 heavy (non-hydrogen) atoms. The number of fused-ring (bicyclic) bond motifs is 3. The summed E-state index contributed by atoms with van der Waals surface area (Å²) in [4.78, 5) is 43.2. The number of nitrogens with zero attached hydrogens (tertiary/aromatic N) is 5. The van der Waals surface area contributed by atoms with Crippen LogP contribution in [0, 0.1) is 0 Å². The van der Waals surface area contributed by atoms with Crippen molar-refractivity contribution in [2.45, 2.75) is 0 Å². The summed E-state index contributed by atoms with van der Waals surface area (Å²) < 4.78 is 7.72. The zero-order chi connectivity index (χ0) is 19.3. The number of rotatable bonds is 2. The molecular weight excluding hydrogens is 364 g/mol. The Bertz CT molecular complexity index is 1530. The van der Waals surface area contributed by atoms with Crippen LogP contribution in [0.15, 0.2) is 73.4 Å². The van der Waals surface area contributed by atoms with E-state index in [-0.39, 0.29) is 23.1 Å². The van der Waals surface area contributed by atoms with Gasteiger partial charge < -0.3 is 4.42 Å². The number of H-pyrrole nitrogens is 1. The maximum absolute atomic E-state index is 13.1. The molecule has 0 atom stereocenters. The molecule has 0 bridgehead atoms. The van der Waals surface area contributed by atoms with Crippen molar-refractivity contribution in [2.75, 3.05) is 0 Å². The van der Waals surface area contributed by atoms with Gasteiger partial charge in [0.25, 0.3) is 5.56 Å². The molecule has 10 heteroatoms. The summed E-state index contributed by atoms with van der Waals surface area (Å²) >= 11 is 0. The summed E-state index contributed by atoms with van der Waals surface area (Å²) in [6.45, 7) is 0. The Kier molecular flexibility index (Phi) is 3.31. The third-order valence-electron chi connectivity index (χ3n) is 4.22. The van der Waals surface area contributed by atoms with Crippen molar-refractivity contribution in [1.29, 1.82) is 0 Å². The number of hydrogen-bond donors (Lipinski definition) is 1. The second kappa shape index (κ2) is 5.84. The van der Waals surface area contributed by atoms with E-state index in [1.54, 1.807) is 48.5 Å². The summed E-state index contributed by atoms with van der Waals surface area (Å²) in [7, 11) is 0. The molecule has 136 valence electrons. The van der Waals surface area contributed by atoms with Gasteiger partial charge in [-0.05, 0) is 24.3 Å². The largest absolute Gasteiger partial charge is 0.403 e. The summed E-state index contributed by atoms with van der Waals surface area (Å²) in [5.74, 6) is -0.0401. The molecule has 5 aromatic rings. The first-order valence-corrected chi connectivity index (χ1v) is 8.19. The van der Waals surface area contributed by atoms with E-state index in [9.17, 15) is 14.4 Å². The van der Waals surface area contributed by atoms with Crippen molar-refractivity contribution in [1.82, 2.24) is 29.1 Å². The van der Waals surface area contributed by atoms with E-state index in [0.29, 0.717) is 11.1 Å². The summed E-state index contributed by atoms with van der Waals surface area (Å²) in [5.41, 5.74) is -1.21. The van der Waals surface area contributed by atoms with Crippen LogP contribution in [0.3, 0.4) is 0 Å². The van der Waals surface area contributed by atoms with Crippen LogP contribution in [0.5, 0.6) is 0 Å². The van der Waals surface area contributed by atoms with Gasteiger partial charge in [-0.15, -0.1) is 5.10 Å². The molecule has 0 spiro atoms. The maximum Gasteiger partial charge on any atom is 0.352 e. The minimum absolute atomic E-state index is 0.181. The van der Waals surface area contributed by atoms with Crippen LogP contribution in [-0.4, -0.2) is 29.1 Å². The van der Waals surface area contributed by atoms with Crippen LogP contribution in [0.4, 0.5) is 0 Å². The minimum atomic E-state index is -0.892. The Morgan fingerprint density at radius 2 is 1.64 bits per heavy atom. The van der Waals surface area contributed by atoms with Crippen LogP contribution in [0.1, 0.15) is 0 Å². The SMILES string of the molecule is O=c1nc2n(-c3nnc(-c4ccccc4)o3)c(=O)c3ccccc3n2c(=O)[nH]1. The summed E-state index contributed by atoms with van der Waals surface area (Å²) in [5, 5.41) is 8.10. The van der Waals surface area contributed by atoms with E-state index in [0.717, 1.165) is 8.97 Å². The molecule has 0 radical (unpaired) electrons. The lowest BCUT2D eigenvalue weighted by Gasteiger charge is -2.08. The first-order chi connectivity index (χ1) is 13.6. The molecule has 3 aromatic heterocycles. The predicted molar refractivity (Wildman–Crippen MR) is 98.5 cm³/mol. The smallest absolute Gasteiger partial charge is 0.352 e. The zero-order valence-corrected chi connectivity index (χ0v) is 14.1. The van der Waals surface area contributed by atoms with E-state index in [1.807, 2.05) is 6.07 Å². The fourth-order valence-corrected chi connectivity index (χ4v) is 3.01. The Balaban J connectivity index is 1.91. The van der Waals surface area contributed by atoms with Gasteiger partial charge in [0.05, 0.1) is 10.9 Å². The van der Waals surface area contributed by atoms with Gasteiger partial charge in [-0.1, -0.05) is 35.4 Å². The molecule has 0 fully saturated rings. The first kappa shape index (κ1) is 15.9. The topological polar surface area (TPSA) is 128 Å². The van der Waals surface area contributed by atoms with Gasteiger partial charge in [0.15, 0.2) is 0 Å². The summed E-state index contributed by atoms with van der Waals surface area (Å²) in [6.07, 6.45) is 0. The number of benzene rings is 2. The van der Waals surface area contributed by atoms with Crippen LogP contribution in [0.25, 0.3) is 34.1 Å². The van der Waals surface area contributed by atoms with Crippen LogP contribution in [-0.2, 0) is 0 Å². The molecule has 1 N–H and O–H groups in total. The van der Waals surface area contributed by atoms with E-state index in [4.69, 9.17) is 4.42 Å². The molecule has 0 saturated heterocycles. The molecule has 0 aliphatic heterocycles. The molecule has 5 rings (SSSR count). The van der Waals surface area contributed by atoms with Crippen LogP contribution >= 0.6 is 0 Å². The third-order valence-corrected chi connectivity index (χ3v) is 4.22. The lowest BCUT2D eigenvalue weighted by molar-refractivity contribution is 0.534. The van der Waals surface area contributed by atoms with Gasteiger partial charge in [-0.25, -0.2) is 14.0 Å².